The Morgan fingerprint density at radius 2 is 2.07 bits per heavy atom. The first-order chi connectivity index (χ1) is 7.10. The molecule has 0 aliphatic rings. The Morgan fingerprint density at radius 1 is 1.40 bits per heavy atom. The Balaban J connectivity index is 2.92. The molecule has 0 saturated heterocycles. The van der Waals surface area contributed by atoms with Gasteiger partial charge in [0.05, 0.1) is 6.10 Å². The molecule has 0 aliphatic carbocycles. The van der Waals surface area contributed by atoms with Crippen LogP contribution in [0.1, 0.15) is 17.2 Å². The first-order valence-electron chi connectivity index (χ1n) is 4.50. The summed E-state index contributed by atoms with van der Waals surface area (Å²) in [4.78, 5) is 0. The lowest BCUT2D eigenvalue weighted by molar-refractivity contribution is 0.0341. The standard InChI is InChI=1S/C10H13BrFNO2/c11-4-9(14)10(15)6-1-2-7(5-13)8(12)3-6/h1-3,9-10,14-15H,4-5,13H2. The molecule has 1 rings (SSSR count). The molecule has 0 spiro atoms. The molecule has 0 aliphatic heterocycles. The van der Waals surface area contributed by atoms with Gasteiger partial charge in [-0.2, -0.15) is 0 Å². The van der Waals surface area contributed by atoms with Gasteiger partial charge in [0.1, 0.15) is 11.9 Å². The number of aliphatic hydroxyl groups is 2. The van der Waals surface area contributed by atoms with Gasteiger partial charge in [-0.3, -0.25) is 0 Å². The molecule has 2 atom stereocenters. The highest BCUT2D eigenvalue weighted by atomic mass is 79.9. The summed E-state index contributed by atoms with van der Waals surface area (Å²) in [5.41, 5.74) is 6.04. The minimum absolute atomic E-state index is 0.114. The maximum atomic E-state index is 13.3. The second kappa shape index (κ2) is 5.55. The van der Waals surface area contributed by atoms with E-state index in [0.717, 1.165) is 0 Å². The Kier molecular flexibility index (Phi) is 4.66. The topological polar surface area (TPSA) is 66.5 Å². The van der Waals surface area contributed by atoms with Gasteiger partial charge in [0.15, 0.2) is 0 Å². The van der Waals surface area contributed by atoms with Crippen molar-refractivity contribution in [2.75, 3.05) is 5.33 Å². The van der Waals surface area contributed by atoms with Crippen molar-refractivity contribution in [3.8, 4) is 0 Å². The van der Waals surface area contributed by atoms with E-state index in [1.165, 1.54) is 12.1 Å². The molecule has 0 fully saturated rings. The van der Waals surface area contributed by atoms with Gasteiger partial charge in [-0.25, -0.2) is 4.39 Å². The second-order valence-electron chi connectivity index (χ2n) is 3.22. The smallest absolute Gasteiger partial charge is 0.128 e. The minimum Gasteiger partial charge on any atom is -0.389 e. The number of aliphatic hydroxyl groups excluding tert-OH is 2. The van der Waals surface area contributed by atoms with Crippen LogP contribution in [0.15, 0.2) is 18.2 Å². The van der Waals surface area contributed by atoms with E-state index in [0.29, 0.717) is 11.1 Å². The zero-order valence-electron chi connectivity index (χ0n) is 8.03. The normalized spacial score (nSPS) is 15.0. The Bertz CT molecular complexity index is 335. The van der Waals surface area contributed by atoms with Crippen molar-refractivity contribution in [1.29, 1.82) is 0 Å². The van der Waals surface area contributed by atoms with Crippen molar-refractivity contribution in [3.63, 3.8) is 0 Å². The number of hydrogen-bond donors (Lipinski definition) is 3. The molecule has 0 saturated carbocycles. The fourth-order valence-electron chi connectivity index (χ4n) is 1.22. The number of hydrogen-bond acceptors (Lipinski definition) is 3. The van der Waals surface area contributed by atoms with E-state index in [4.69, 9.17) is 5.73 Å². The molecule has 0 bridgehead atoms. The summed E-state index contributed by atoms with van der Waals surface area (Å²) in [6.07, 6.45) is -2.04. The van der Waals surface area contributed by atoms with Crippen LogP contribution < -0.4 is 5.73 Å². The highest BCUT2D eigenvalue weighted by Gasteiger charge is 2.18. The van der Waals surface area contributed by atoms with E-state index in [2.05, 4.69) is 15.9 Å². The number of rotatable bonds is 4. The zero-order chi connectivity index (χ0) is 11.4. The van der Waals surface area contributed by atoms with E-state index in [1.54, 1.807) is 6.07 Å². The van der Waals surface area contributed by atoms with Gasteiger partial charge in [0.2, 0.25) is 0 Å². The molecule has 0 heterocycles. The summed E-state index contributed by atoms with van der Waals surface area (Å²) in [6, 6.07) is 4.26. The molecular weight excluding hydrogens is 265 g/mol. The van der Waals surface area contributed by atoms with Crippen LogP contribution in [0.5, 0.6) is 0 Å². The first-order valence-corrected chi connectivity index (χ1v) is 5.62. The SMILES string of the molecule is NCc1ccc(C(O)C(O)CBr)cc1F. The minimum atomic E-state index is -1.09. The van der Waals surface area contributed by atoms with E-state index in [-0.39, 0.29) is 11.9 Å². The maximum Gasteiger partial charge on any atom is 0.128 e. The van der Waals surface area contributed by atoms with Gasteiger partial charge < -0.3 is 15.9 Å². The Labute approximate surface area is 95.9 Å². The lowest BCUT2D eigenvalue weighted by atomic mass is 10.0. The fraction of sp³-hybridized carbons (Fsp3) is 0.400. The van der Waals surface area contributed by atoms with Crippen LogP contribution in [0, 0.1) is 5.82 Å². The highest BCUT2D eigenvalue weighted by molar-refractivity contribution is 9.09. The third-order valence-corrected chi connectivity index (χ3v) is 2.82. The van der Waals surface area contributed by atoms with E-state index in [1.807, 2.05) is 0 Å². The lowest BCUT2D eigenvalue weighted by Gasteiger charge is -2.16. The molecule has 4 N–H and O–H groups in total. The predicted molar refractivity (Wildman–Crippen MR) is 59.1 cm³/mol. The van der Waals surface area contributed by atoms with Crippen molar-refractivity contribution in [2.45, 2.75) is 18.8 Å². The molecule has 5 heteroatoms. The summed E-state index contributed by atoms with van der Waals surface area (Å²) >= 11 is 3.04. The molecule has 84 valence electrons. The van der Waals surface area contributed by atoms with Crippen LogP contribution in [-0.4, -0.2) is 21.6 Å². The summed E-state index contributed by atoms with van der Waals surface area (Å²) in [7, 11) is 0. The van der Waals surface area contributed by atoms with Crippen molar-refractivity contribution in [1.82, 2.24) is 0 Å². The van der Waals surface area contributed by atoms with E-state index >= 15 is 0 Å². The quantitative estimate of drug-likeness (QED) is 0.722. The summed E-state index contributed by atoms with van der Waals surface area (Å²) in [5.74, 6) is -0.462. The second-order valence-corrected chi connectivity index (χ2v) is 3.87. The van der Waals surface area contributed by atoms with Gasteiger partial charge >= 0.3 is 0 Å². The monoisotopic (exact) mass is 277 g/mol. The van der Waals surface area contributed by atoms with Crippen LogP contribution in [0.3, 0.4) is 0 Å². The van der Waals surface area contributed by atoms with Crippen molar-refractivity contribution < 1.29 is 14.6 Å². The van der Waals surface area contributed by atoms with Crippen LogP contribution in [-0.2, 0) is 6.54 Å². The molecule has 0 radical (unpaired) electrons. The number of nitrogens with two attached hydrogens (primary N) is 1. The predicted octanol–water partition coefficient (Wildman–Crippen LogP) is 1.07. The van der Waals surface area contributed by atoms with Crippen LogP contribution in [0.25, 0.3) is 0 Å². The Hall–Kier alpha value is -0.490. The van der Waals surface area contributed by atoms with Crippen molar-refractivity contribution in [3.05, 3.63) is 35.1 Å². The van der Waals surface area contributed by atoms with Gasteiger partial charge in [-0.1, -0.05) is 28.1 Å². The Morgan fingerprint density at radius 3 is 2.53 bits per heavy atom. The molecule has 0 amide bonds. The van der Waals surface area contributed by atoms with Crippen molar-refractivity contribution in [2.24, 2.45) is 5.73 Å². The summed E-state index contributed by atoms with van der Waals surface area (Å²) < 4.78 is 13.3. The first kappa shape index (κ1) is 12.6. The largest absolute Gasteiger partial charge is 0.389 e. The van der Waals surface area contributed by atoms with E-state index < -0.39 is 18.0 Å². The van der Waals surface area contributed by atoms with Gasteiger partial charge in [0, 0.05) is 17.4 Å². The van der Waals surface area contributed by atoms with Crippen LogP contribution >= 0.6 is 15.9 Å². The molecule has 1 aromatic rings. The summed E-state index contributed by atoms with van der Waals surface area (Å²) in [5, 5.41) is 19.2. The van der Waals surface area contributed by atoms with E-state index in [9.17, 15) is 14.6 Å². The average Bonchev–Trinajstić information content (AvgIpc) is 2.26. The zero-order valence-corrected chi connectivity index (χ0v) is 9.61. The maximum absolute atomic E-state index is 13.3. The lowest BCUT2D eigenvalue weighted by Crippen LogP contribution is -2.19. The number of alkyl halides is 1. The van der Waals surface area contributed by atoms with Crippen LogP contribution in [0.2, 0.25) is 0 Å². The van der Waals surface area contributed by atoms with Crippen LogP contribution in [0.4, 0.5) is 4.39 Å². The molecule has 15 heavy (non-hydrogen) atoms. The highest BCUT2D eigenvalue weighted by Crippen LogP contribution is 2.20. The molecule has 3 nitrogen and oxygen atoms in total. The molecule has 0 aromatic heterocycles. The number of halogens is 2. The van der Waals surface area contributed by atoms with Gasteiger partial charge in [0.25, 0.3) is 0 Å². The molecule has 1 aromatic carbocycles. The summed E-state index contributed by atoms with van der Waals surface area (Å²) in [6.45, 7) is 0.114. The van der Waals surface area contributed by atoms with Gasteiger partial charge in [-0.15, -0.1) is 0 Å². The molecular formula is C10H13BrFNO2. The fourth-order valence-corrected chi connectivity index (χ4v) is 1.57. The average molecular weight is 278 g/mol. The third-order valence-electron chi connectivity index (χ3n) is 2.16. The van der Waals surface area contributed by atoms with Gasteiger partial charge in [-0.05, 0) is 11.6 Å². The third kappa shape index (κ3) is 2.98. The van der Waals surface area contributed by atoms with Crippen molar-refractivity contribution >= 4 is 15.9 Å². The molecule has 2 unspecified atom stereocenters. The number of benzene rings is 1.